The predicted octanol–water partition coefficient (Wildman–Crippen LogP) is 3.27. The average molecular weight is 356 g/mol. The van der Waals surface area contributed by atoms with Crippen LogP contribution in [0.3, 0.4) is 0 Å². The van der Waals surface area contributed by atoms with Crippen LogP contribution < -0.4 is 5.32 Å². The van der Waals surface area contributed by atoms with E-state index in [2.05, 4.69) is 22.3 Å². The van der Waals surface area contributed by atoms with E-state index in [4.69, 9.17) is 4.74 Å². The fourth-order valence-corrected chi connectivity index (χ4v) is 3.00. The van der Waals surface area contributed by atoms with E-state index < -0.39 is 0 Å². The van der Waals surface area contributed by atoms with Gasteiger partial charge in [0.2, 0.25) is 5.91 Å². The zero-order chi connectivity index (χ0) is 18.2. The third-order valence-corrected chi connectivity index (χ3v) is 4.61. The molecule has 4 nitrogen and oxygen atoms in total. The van der Waals surface area contributed by atoms with E-state index in [1.54, 1.807) is 12.1 Å². The van der Waals surface area contributed by atoms with E-state index in [-0.39, 0.29) is 11.7 Å². The Morgan fingerprint density at radius 2 is 1.58 bits per heavy atom. The van der Waals surface area contributed by atoms with Crippen molar-refractivity contribution in [1.29, 1.82) is 0 Å². The van der Waals surface area contributed by atoms with Crippen molar-refractivity contribution in [1.82, 2.24) is 4.90 Å². The van der Waals surface area contributed by atoms with Gasteiger partial charge in [0.25, 0.3) is 0 Å². The van der Waals surface area contributed by atoms with Crippen LogP contribution in [-0.2, 0) is 22.4 Å². The summed E-state index contributed by atoms with van der Waals surface area (Å²) in [4.78, 5) is 14.5. The van der Waals surface area contributed by atoms with Gasteiger partial charge in [-0.05, 0) is 48.2 Å². The van der Waals surface area contributed by atoms with Gasteiger partial charge in [0, 0.05) is 31.7 Å². The van der Waals surface area contributed by atoms with Crippen LogP contribution in [0.4, 0.5) is 10.1 Å². The highest BCUT2D eigenvalue weighted by Crippen LogP contribution is 2.12. The number of aryl methyl sites for hydroxylation is 1. The number of benzene rings is 2. The van der Waals surface area contributed by atoms with Crippen molar-refractivity contribution in [2.45, 2.75) is 19.3 Å². The summed E-state index contributed by atoms with van der Waals surface area (Å²) in [6, 6.07) is 14.3. The maximum absolute atomic E-state index is 12.9. The van der Waals surface area contributed by atoms with Crippen LogP contribution in [0, 0.1) is 5.82 Å². The predicted molar refractivity (Wildman–Crippen MR) is 101 cm³/mol. The van der Waals surface area contributed by atoms with Crippen molar-refractivity contribution in [2.75, 3.05) is 38.2 Å². The van der Waals surface area contributed by atoms with Crippen LogP contribution in [0.15, 0.2) is 48.5 Å². The normalized spacial score (nSPS) is 15.0. The van der Waals surface area contributed by atoms with E-state index in [1.165, 1.54) is 17.7 Å². The molecule has 0 aliphatic carbocycles. The minimum Gasteiger partial charge on any atom is -0.379 e. The number of rotatable bonds is 7. The second-order valence-corrected chi connectivity index (χ2v) is 6.58. The molecule has 1 saturated heterocycles. The zero-order valence-corrected chi connectivity index (χ0v) is 14.9. The van der Waals surface area contributed by atoms with Gasteiger partial charge >= 0.3 is 0 Å². The number of amides is 1. The van der Waals surface area contributed by atoms with Gasteiger partial charge in [-0.3, -0.25) is 9.69 Å². The molecule has 2 aromatic carbocycles. The molecule has 0 aromatic heterocycles. The van der Waals surface area contributed by atoms with Crippen molar-refractivity contribution in [3.63, 3.8) is 0 Å². The molecule has 1 heterocycles. The van der Waals surface area contributed by atoms with Crippen LogP contribution in [0.25, 0.3) is 0 Å². The Morgan fingerprint density at radius 3 is 2.27 bits per heavy atom. The number of halogens is 1. The number of carbonyl (C=O) groups is 1. The summed E-state index contributed by atoms with van der Waals surface area (Å²) in [5, 5.41) is 2.92. The maximum Gasteiger partial charge on any atom is 0.224 e. The van der Waals surface area contributed by atoms with Gasteiger partial charge in [-0.15, -0.1) is 0 Å². The average Bonchev–Trinajstić information content (AvgIpc) is 2.68. The molecule has 0 bridgehead atoms. The zero-order valence-electron chi connectivity index (χ0n) is 14.9. The number of hydrogen-bond donors (Lipinski definition) is 1. The summed E-state index contributed by atoms with van der Waals surface area (Å²) in [7, 11) is 0. The van der Waals surface area contributed by atoms with Crippen molar-refractivity contribution < 1.29 is 13.9 Å². The highest BCUT2D eigenvalue weighted by Gasteiger charge is 2.10. The number of ether oxygens (including phenoxy) is 1. The fraction of sp³-hybridized carbons (Fsp3) is 0.381. The number of carbonyl (C=O) groups excluding carboxylic acids is 1. The monoisotopic (exact) mass is 356 g/mol. The van der Waals surface area contributed by atoms with Gasteiger partial charge in [-0.1, -0.05) is 24.3 Å². The summed E-state index contributed by atoms with van der Waals surface area (Å²) < 4.78 is 18.2. The van der Waals surface area contributed by atoms with Crippen molar-refractivity contribution >= 4 is 11.6 Å². The summed E-state index contributed by atoms with van der Waals surface area (Å²) in [6.45, 7) is 4.68. The van der Waals surface area contributed by atoms with Crippen molar-refractivity contribution in [3.05, 3.63) is 65.5 Å². The molecule has 0 radical (unpaired) electrons. The van der Waals surface area contributed by atoms with Gasteiger partial charge < -0.3 is 10.1 Å². The Hall–Kier alpha value is -2.24. The van der Waals surface area contributed by atoms with Crippen LogP contribution in [-0.4, -0.2) is 43.7 Å². The molecule has 138 valence electrons. The number of morpholine rings is 1. The van der Waals surface area contributed by atoms with Gasteiger partial charge in [0.05, 0.1) is 13.2 Å². The SMILES string of the molecule is O=C(CCc1ccc(F)cc1)Nc1ccc(CCN2CCOCC2)cc1. The van der Waals surface area contributed by atoms with E-state index in [0.717, 1.165) is 50.5 Å². The first-order chi connectivity index (χ1) is 12.7. The van der Waals surface area contributed by atoms with Crippen LogP contribution in [0.5, 0.6) is 0 Å². The Labute approximate surface area is 154 Å². The lowest BCUT2D eigenvalue weighted by atomic mass is 10.1. The molecule has 0 unspecified atom stereocenters. The summed E-state index contributed by atoms with van der Waals surface area (Å²) in [6.07, 6.45) is 1.98. The smallest absolute Gasteiger partial charge is 0.224 e. The first-order valence-electron chi connectivity index (χ1n) is 9.12. The first kappa shape index (κ1) is 18.5. The molecule has 26 heavy (non-hydrogen) atoms. The third-order valence-electron chi connectivity index (χ3n) is 4.61. The molecule has 5 heteroatoms. The largest absolute Gasteiger partial charge is 0.379 e. The standard InChI is InChI=1S/C21H25FN2O2/c22-19-6-1-17(2-7-19)5-10-21(25)23-20-8-3-18(4-9-20)11-12-24-13-15-26-16-14-24/h1-4,6-9H,5,10-16H2,(H,23,25). The summed E-state index contributed by atoms with van der Waals surface area (Å²) in [5.41, 5.74) is 3.03. The fourth-order valence-electron chi connectivity index (χ4n) is 3.00. The highest BCUT2D eigenvalue weighted by atomic mass is 19.1. The van der Waals surface area contributed by atoms with E-state index in [0.29, 0.717) is 12.8 Å². The number of nitrogens with zero attached hydrogens (tertiary/aromatic N) is 1. The second kappa shape index (κ2) is 9.46. The molecular weight excluding hydrogens is 331 g/mol. The molecule has 1 N–H and O–H groups in total. The van der Waals surface area contributed by atoms with E-state index in [1.807, 2.05) is 12.1 Å². The molecule has 3 rings (SSSR count). The molecule has 1 aliphatic rings. The number of hydrogen-bond acceptors (Lipinski definition) is 3. The van der Waals surface area contributed by atoms with Gasteiger partial charge in [0.1, 0.15) is 5.82 Å². The molecular formula is C21H25FN2O2. The van der Waals surface area contributed by atoms with Gasteiger partial charge in [0.15, 0.2) is 0 Å². The molecule has 1 amide bonds. The second-order valence-electron chi connectivity index (χ2n) is 6.58. The molecule has 0 saturated carbocycles. The highest BCUT2D eigenvalue weighted by molar-refractivity contribution is 5.90. The lowest BCUT2D eigenvalue weighted by molar-refractivity contribution is -0.116. The van der Waals surface area contributed by atoms with E-state index in [9.17, 15) is 9.18 Å². The summed E-state index contributed by atoms with van der Waals surface area (Å²) >= 11 is 0. The molecule has 0 spiro atoms. The van der Waals surface area contributed by atoms with Crippen LogP contribution >= 0.6 is 0 Å². The minimum absolute atomic E-state index is 0.0320. The Kier molecular flexibility index (Phi) is 6.75. The number of anilines is 1. The van der Waals surface area contributed by atoms with Crippen LogP contribution in [0.1, 0.15) is 17.5 Å². The minimum atomic E-state index is -0.257. The van der Waals surface area contributed by atoms with Gasteiger partial charge in [-0.2, -0.15) is 0 Å². The quantitative estimate of drug-likeness (QED) is 0.828. The van der Waals surface area contributed by atoms with E-state index >= 15 is 0 Å². The summed E-state index contributed by atoms with van der Waals surface area (Å²) in [5.74, 6) is -0.290. The van der Waals surface area contributed by atoms with Crippen LogP contribution in [0.2, 0.25) is 0 Å². The Balaban J connectivity index is 1.41. The maximum atomic E-state index is 12.9. The first-order valence-corrected chi connectivity index (χ1v) is 9.12. The lowest BCUT2D eigenvalue weighted by Crippen LogP contribution is -2.37. The number of nitrogens with one attached hydrogen (secondary N) is 1. The Bertz CT molecular complexity index is 695. The van der Waals surface area contributed by atoms with Crippen molar-refractivity contribution in [3.8, 4) is 0 Å². The molecule has 1 aliphatic heterocycles. The van der Waals surface area contributed by atoms with Gasteiger partial charge in [-0.25, -0.2) is 4.39 Å². The lowest BCUT2D eigenvalue weighted by Gasteiger charge is -2.26. The van der Waals surface area contributed by atoms with Crippen molar-refractivity contribution in [2.24, 2.45) is 0 Å². The molecule has 1 fully saturated rings. The third kappa shape index (κ3) is 5.93. The Morgan fingerprint density at radius 1 is 0.962 bits per heavy atom. The topological polar surface area (TPSA) is 41.6 Å². The molecule has 0 atom stereocenters. The molecule has 2 aromatic rings.